The van der Waals surface area contributed by atoms with Crippen molar-refractivity contribution in [3.63, 3.8) is 0 Å². The topological polar surface area (TPSA) is 105 Å². The first kappa shape index (κ1) is 26.6. The number of allylic oxidation sites excluding steroid dienone is 1. The van der Waals surface area contributed by atoms with Crippen LogP contribution in [-0.4, -0.2) is 37.3 Å². The molecule has 1 atom stereocenters. The highest BCUT2D eigenvalue weighted by Gasteiger charge is 2.34. The van der Waals surface area contributed by atoms with Crippen molar-refractivity contribution in [2.75, 3.05) is 20.8 Å². The van der Waals surface area contributed by atoms with Crippen LogP contribution in [0.3, 0.4) is 0 Å². The first-order valence-corrected chi connectivity index (χ1v) is 12.4. The Bertz CT molecular complexity index is 1630. The number of rotatable bonds is 8. The van der Waals surface area contributed by atoms with Gasteiger partial charge >= 0.3 is 11.9 Å². The summed E-state index contributed by atoms with van der Waals surface area (Å²) in [4.78, 5) is 43.5. The van der Waals surface area contributed by atoms with Crippen LogP contribution in [0.4, 0.5) is 0 Å². The summed E-state index contributed by atoms with van der Waals surface area (Å²) in [5.74, 6) is -0.0420. The number of carbonyl (C=O) groups is 2. The summed E-state index contributed by atoms with van der Waals surface area (Å²) in [5, 5.41) is 0. The van der Waals surface area contributed by atoms with Gasteiger partial charge < -0.3 is 18.9 Å². The molecule has 0 fully saturated rings. The van der Waals surface area contributed by atoms with Crippen LogP contribution >= 0.6 is 11.3 Å². The molecule has 0 bridgehead atoms. The molecule has 196 valence electrons. The van der Waals surface area contributed by atoms with Gasteiger partial charge in [-0.3, -0.25) is 14.2 Å². The van der Waals surface area contributed by atoms with Gasteiger partial charge in [0.05, 0.1) is 36.1 Å². The van der Waals surface area contributed by atoms with Crippen molar-refractivity contribution in [2.45, 2.75) is 19.9 Å². The van der Waals surface area contributed by atoms with Crippen molar-refractivity contribution >= 4 is 29.4 Å². The third-order valence-electron chi connectivity index (χ3n) is 5.76. The van der Waals surface area contributed by atoms with Gasteiger partial charge in [0.1, 0.15) is 12.4 Å². The number of thiazole rings is 1. The monoisotopic (exact) mass is 534 g/mol. The van der Waals surface area contributed by atoms with Gasteiger partial charge in [0.2, 0.25) is 0 Å². The molecule has 1 unspecified atom stereocenters. The fraction of sp³-hybridized carbons (Fsp3) is 0.214. The second-order valence-corrected chi connectivity index (χ2v) is 9.22. The number of carbonyl (C=O) groups excluding carboxylic acids is 2. The number of hydrogen-bond donors (Lipinski definition) is 0. The van der Waals surface area contributed by atoms with Crippen LogP contribution < -0.4 is 29.1 Å². The van der Waals surface area contributed by atoms with E-state index in [4.69, 9.17) is 18.9 Å². The fourth-order valence-electron chi connectivity index (χ4n) is 4.13. The third kappa shape index (κ3) is 5.16. The van der Waals surface area contributed by atoms with Crippen LogP contribution in [-0.2, 0) is 14.3 Å². The maximum atomic E-state index is 13.8. The molecule has 2 aromatic carbocycles. The summed E-state index contributed by atoms with van der Waals surface area (Å²) >= 11 is 1.20. The van der Waals surface area contributed by atoms with Crippen LogP contribution in [0.2, 0.25) is 0 Å². The Kier molecular flexibility index (Phi) is 7.92. The standard InChI is InChI=1S/C28H26N2O7S/c1-6-13-36-27(33)24-16(2)29-28-30(25(24)19-11-12-21(37-17(3)31)22(14-19)35-5)26(32)23(38-28)15-18-9-7-8-10-20(18)34-4/h6-12,14-15,25H,1,13H2,2-5H3. The van der Waals surface area contributed by atoms with Crippen LogP contribution in [0.25, 0.3) is 6.08 Å². The second kappa shape index (κ2) is 11.3. The van der Waals surface area contributed by atoms with E-state index >= 15 is 0 Å². The quantitative estimate of drug-likeness (QED) is 0.249. The smallest absolute Gasteiger partial charge is 0.338 e. The van der Waals surface area contributed by atoms with Crippen LogP contribution in [0.5, 0.6) is 17.2 Å². The highest BCUT2D eigenvalue weighted by molar-refractivity contribution is 7.07. The predicted octanol–water partition coefficient (Wildman–Crippen LogP) is 2.91. The van der Waals surface area contributed by atoms with Crippen molar-refractivity contribution in [1.82, 2.24) is 4.57 Å². The minimum atomic E-state index is -0.872. The molecular formula is C28H26N2O7S. The van der Waals surface area contributed by atoms with Gasteiger partial charge in [-0.1, -0.05) is 48.3 Å². The normalized spacial score (nSPS) is 14.8. The van der Waals surface area contributed by atoms with Crippen molar-refractivity contribution in [1.29, 1.82) is 0 Å². The molecule has 3 aromatic rings. The Morgan fingerprint density at radius 1 is 1.11 bits per heavy atom. The van der Waals surface area contributed by atoms with E-state index in [1.807, 2.05) is 18.2 Å². The number of ether oxygens (including phenoxy) is 4. The zero-order chi connectivity index (χ0) is 27.4. The maximum Gasteiger partial charge on any atom is 0.338 e. The molecule has 0 N–H and O–H groups in total. The van der Waals surface area contributed by atoms with Crippen LogP contribution in [0.15, 0.2) is 76.2 Å². The summed E-state index contributed by atoms with van der Waals surface area (Å²) in [5.41, 5.74) is 1.55. The largest absolute Gasteiger partial charge is 0.496 e. The summed E-state index contributed by atoms with van der Waals surface area (Å²) < 4.78 is 23.3. The molecule has 4 rings (SSSR count). The molecule has 1 aliphatic heterocycles. The number of para-hydroxylation sites is 1. The van der Waals surface area contributed by atoms with E-state index in [-0.39, 0.29) is 29.2 Å². The summed E-state index contributed by atoms with van der Waals surface area (Å²) in [6, 6.07) is 11.3. The molecule has 0 radical (unpaired) electrons. The van der Waals surface area contributed by atoms with Crippen molar-refractivity contribution in [3.8, 4) is 17.2 Å². The van der Waals surface area contributed by atoms with Gasteiger partial charge in [-0.15, -0.1) is 0 Å². The fourth-order valence-corrected chi connectivity index (χ4v) is 5.17. The molecule has 0 spiro atoms. The number of esters is 2. The minimum absolute atomic E-state index is 0.00470. The number of fused-ring (bicyclic) bond motifs is 1. The molecule has 0 amide bonds. The van der Waals surface area contributed by atoms with Crippen LogP contribution in [0.1, 0.15) is 31.0 Å². The van der Waals surface area contributed by atoms with E-state index in [1.165, 1.54) is 36.0 Å². The predicted molar refractivity (Wildman–Crippen MR) is 142 cm³/mol. The lowest BCUT2D eigenvalue weighted by Crippen LogP contribution is -2.40. The minimum Gasteiger partial charge on any atom is -0.496 e. The zero-order valence-electron chi connectivity index (χ0n) is 21.3. The van der Waals surface area contributed by atoms with Gasteiger partial charge in [0.15, 0.2) is 16.3 Å². The van der Waals surface area contributed by atoms with Gasteiger partial charge in [0.25, 0.3) is 5.56 Å². The van der Waals surface area contributed by atoms with Gasteiger partial charge in [-0.05, 0) is 36.8 Å². The molecule has 38 heavy (non-hydrogen) atoms. The van der Waals surface area contributed by atoms with E-state index in [0.717, 1.165) is 5.56 Å². The molecule has 2 heterocycles. The summed E-state index contributed by atoms with van der Waals surface area (Å²) in [6.07, 6.45) is 3.20. The summed E-state index contributed by atoms with van der Waals surface area (Å²) in [7, 11) is 3.00. The van der Waals surface area contributed by atoms with Crippen molar-refractivity contribution in [3.05, 3.63) is 97.2 Å². The lowest BCUT2D eigenvalue weighted by Gasteiger charge is -2.25. The molecule has 0 aliphatic carbocycles. The Morgan fingerprint density at radius 2 is 1.84 bits per heavy atom. The highest BCUT2D eigenvalue weighted by atomic mass is 32.1. The Morgan fingerprint density at radius 3 is 2.53 bits per heavy atom. The third-order valence-corrected chi connectivity index (χ3v) is 6.74. The lowest BCUT2D eigenvalue weighted by molar-refractivity contribution is -0.138. The van der Waals surface area contributed by atoms with E-state index in [0.29, 0.717) is 26.3 Å². The molecule has 9 nitrogen and oxygen atoms in total. The van der Waals surface area contributed by atoms with Gasteiger partial charge in [-0.25, -0.2) is 9.79 Å². The van der Waals surface area contributed by atoms with Gasteiger partial charge in [0, 0.05) is 12.5 Å². The Balaban J connectivity index is 1.96. The van der Waals surface area contributed by atoms with E-state index < -0.39 is 18.0 Å². The van der Waals surface area contributed by atoms with Crippen molar-refractivity contribution in [2.24, 2.45) is 4.99 Å². The number of nitrogens with zero attached hydrogens (tertiary/aromatic N) is 2. The number of methoxy groups -OCH3 is 2. The molecular weight excluding hydrogens is 508 g/mol. The highest BCUT2D eigenvalue weighted by Crippen LogP contribution is 2.36. The molecule has 0 saturated heterocycles. The van der Waals surface area contributed by atoms with Crippen molar-refractivity contribution < 1.29 is 28.5 Å². The molecule has 1 aromatic heterocycles. The van der Waals surface area contributed by atoms with Crippen LogP contribution in [0, 0.1) is 0 Å². The van der Waals surface area contributed by atoms with Gasteiger partial charge in [-0.2, -0.15) is 0 Å². The van der Waals surface area contributed by atoms with E-state index in [9.17, 15) is 14.4 Å². The number of aromatic nitrogens is 1. The lowest BCUT2D eigenvalue weighted by atomic mass is 9.95. The average molecular weight is 535 g/mol. The first-order chi connectivity index (χ1) is 18.3. The first-order valence-electron chi connectivity index (χ1n) is 11.6. The molecule has 0 saturated carbocycles. The SMILES string of the molecule is C=CCOC(=O)C1=C(C)N=c2sc(=Cc3ccccc3OC)c(=O)n2C1c1ccc(OC(C)=O)c(OC)c1. The molecule has 1 aliphatic rings. The maximum absolute atomic E-state index is 13.8. The zero-order valence-corrected chi connectivity index (χ0v) is 22.2. The Hall–Kier alpha value is -4.44. The summed E-state index contributed by atoms with van der Waals surface area (Å²) in [6.45, 7) is 6.57. The average Bonchev–Trinajstić information content (AvgIpc) is 3.20. The van der Waals surface area contributed by atoms with E-state index in [1.54, 1.807) is 44.4 Å². The molecule has 10 heteroatoms. The second-order valence-electron chi connectivity index (χ2n) is 8.21. The number of hydrogen-bond acceptors (Lipinski definition) is 9. The Labute approximate surface area is 222 Å². The number of benzene rings is 2. The van der Waals surface area contributed by atoms with E-state index in [2.05, 4.69) is 11.6 Å².